The first-order chi connectivity index (χ1) is 13.2. The molecule has 0 unspecified atom stereocenters. The maximum atomic E-state index is 12.8. The van der Waals surface area contributed by atoms with Gasteiger partial charge in [-0.3, -0.25) is 4.79 Å². The first kappa shape index (κ1) is 20.9. The zero-order chi connectivity index (χ0) is 20.6. The summed E-state index contributed by atoms with van der Waals surface area (Å²) in [5.74, 6) is 0.625. The Kier molecular flexibility index (Phi) is 5.88. The molecule has 0 radical (unpaired) electrons. The summed E-state index contributed by atoms with van der Waals surface area (Å²) in [5.41, 5.74) is 1.96. The number of H-pyrrole nitrogens is 1. The Balaban J connectivity index is 2.35. The Morgan fingerprint density at radius 2 is 2.04 bits per heavy atom. The minimum atomic E-state index is -3.95. The predicted molar refractivity (Wildman–Crippen MR) is 113 cm³/mol. The SMILES string of the molecule is CCCc1c(Br)n(C)c2c(=O)[nH]c(-c3cc(S(=O)(=O)Cl)ccc3OCC)nc12. The lowest BCUT2D eigenvalue weighted by molar-refractivity contribution is 0.341. The van der Waals surface area contributed by atoms with Crippen LogP contribution in [-0.2, 0) is 22.5 Å². The fraction of sp³-hybridized carbons (Fsp3) is 0.333. The number of nitrogens with one attached hydrogen (secondary N) is 1. The van der Waals surface area contributed by atoms with Gasteiger partial charge in [-0.2, -0.15) is 0 Å². The quantitative estimate of drug-likeness (QED) is 0.530. The largest absolute Gasteiger partial charge is 0.493 e. The molecule has 0 aliphatic rings. The molecule has 0 amide bonds. The highest BCUT2D eigenvalue weighted by molar-refractivity contribution is 9.10. The van der Waals surface area contributed by atoms with E-state index in [0.29, 0.717) is 29.0 Å². The first-order valence-corrected chi connectivity index (χ1v) is 11.8. The van der Waals surface area contributed by atoms with Crippen LogP contribution in [0.4, 0.5) is 0 Å². The number of benzene rings is 1. The first-order valence-electron chi connectivity index (χ1n) is 8.68. The van der Waals surface area contributed by atoms with Crippen molar-refractivity contribution in [2.24, 2.45) is 7.05 Å². The van der Waals surface area contributed by atoms with Crippen molar-refractivity contribution in [3.63, 3.8) is 0 Å². The Morgan fingerprint density at radius 1 is 1.32 bits per heavy atom. The van der Waals surface area contributed by atoms with Gasteiger partial charge < -0.3 is 14.3 Å². The van der Waals surface area contributed by atoms with E-state index in [1.807, 2.05) is 13.8 Å². The summed E-state index contributed by atoms with van der Waals surface area (Å²) in [6, 6.07) is 4.22. The Hall–Kier alpha value is -1.84. The normalized spacial score (nSPS) is 11.9. The average molecular weight is 489 g/mol. The van der Waals surface area contributed by atoms with Crippen LogP contribution in [0.15, 0.2) is 32.5 Å². The number of aryl methyl sites for hydroxylation is 2. The third-order valence-corrected chi connectivity index (χ3v) is 6.71. The van der Waals surface area contributed by atoms with Crippen LogP contribution < -0.4 is 10.3 Å². The van der Waals surface area contributed by atoms with Crippen LogP contribution in [0.2, 0.25) is 0 Å². The second-order valence-electron chi connectivity index (χ2n) is 6.22. The monoisotopic (exact) mass is 487 g/mol. The Morgan fingerprint density at radius 3 is 2.64 bits per heavy atom. The number of aromatic nitrogens is 3. The van der Waals surface area contributed by atoms with E-state index < -0.39 is 9.05 Å². The maximum absolute atomic E-state index is 12.8. The lowest BCUT2D eigenvalue weighted by Crippen LogP contribution is -2.12. The van der Waals surface area contributed by atoms with Gasteiger partial charge in [0.2, 0.25) is 0 Å². The molecule has 7 nitrogen and oxygen atoms in total. The fourth-order valence-corrected chi connectivity index (χ4v) is 4.45. The van der Waals surface area contributed by atoms with Crippen molar-refractivity contribution in [1.29, 1.82) is 0 Å². The zero-order valence-corrected chi connectivity index (χ0v) is 18.7. The van der Waals surface area contributed by atoms with Crippen molar-refractivity contribution in [1.82, 2.24) is 14.5 Å². The van der Waals surface area contributed by atoms with Crippen molar-refractivity contribution >= 4 is 46.7 Å². The predicted octanol–water partition coefficient (Wildman–Crippen LogP) is 3.97. The van der Waals surface area contributed by atoms with Gasteiger partial charge in [0, 0.05) is 23.3 Å². The van der Waals surface area contributed by atoms with E-state index in [9.17, 15) is 13.2 Å². The standard InChI is InChI=1S/C18H19BrClN3O4S/c1-4-6-11-14-15(23(3)16(11)19)18(24)22-17(21-14)12-9-10(28(20,25)26)7-8-13(12)27-5-2/h7-9H,4-6H2,1-3H3,(H,21,22,24). The molecule has 3 aromatic rings. The van der Waals surface area contributed by atoms with Crippen molar-refractivity contribution in [3.8, 4) is 17.1 Å². The molecular formula is C18H19BrClN3O4S. The molecule has 0 bridgehead atoms. The number of fused-ring (bicyclic) bond motifs is 1. The molecule has 150 valence electrons. The van der Waals surface area contributed by atoms with E-state index in [0.717, 1.165) is 23.0 Å². The van der Waals surface area contributed by atoms with Crippen LogP contribution in [-0.4, -0.2) is 29.6 Å². The third kappa shape index (κ3) is 3.70. The van der Waals surface area contributed by atoms with Crippen LogP contribution in [0.25, 0.3) is 22.4 Å². The number of aromatic amines is 1. The van der Waals surface area contributed by atoms with Gasteiger partial charge in [0.25, 0.3) is 14.6 Å². The molecule has 0 saturated carbocycles. The minimum Gasteiger partial charge on any atom is -0.493 e. The van der Waals surface area contributed by atoms with Crippen molar-refractivity contribution in [2.45, 2.75) is 31.6 Å². The number of rotatable bonds is 6. The highest BCUT2D eigenvalue weighted by atomic mass is 79.9. The van der Waals surface area contributed by atoms with Gasteiger partial charge in [-0.15, -0.1) is 0 Å². The van der Waals surface area contributed by atoms with E-state index in [1.54, 1.807) is 11.6 Å². The molecule has 0 fully saturated rings. The molecule has 10 heteroatoms. The molecule has 0 aliphatic heterocycles. The summed E-state index contributed by atoms with van der Waals surface area (Å²) in [7, 11) is 3.33. The van der Waals surface area contributed by atoms with E-state index in [2.05, 4.69) is 25.9 Å². The van der Waals surface area contributed by atoms with Crippen LogP contribution in [0.5, 0.6) is 5.75 Å². The summed E-state index contributed by atoms with van der Waals surface area (Å²) in [6.07, 6.45) is 1.62. The summed E-state index contributed by atoms with van der Waals surface area (Å²) in [4.78, 5) is 20.1. The number of nitrogens with zero attached hydrogens (tertiary/aromatic N) is 2. The summed E-state index contributed by atoms with van der Waals surface area (Å²) in [5, 5.41) is 0. The Labute approximate surface area is 175 Å². The van der Waals surface area contributed by atoms with Crippen molar-refractivity contribution in [2.75, 3.05) is 6.61 Å². The van der Waals surface area contributed by atoms with Gasteiger partial charge in [-0.1, -0.05) is 13.3 Å². The van der Waals surface area contributed by atoms with Gasteiger partial charge in [0.15, 0.2) is 0 Å². The van der Waals surface area contributed by atoms with E-state index in [-0.39, 0.29) is 16.3 Å². The van der Waals surface area contributed by atoms with Gasteiger partial charge in [0.05, 0.1) is 21.7 Å². The lowest BCUT2D eigenvalue weighted by atomic mass is 10.1. The summed E-state index contributed by atoms with van der Waals surface area (Å²) >= 11 is 3.54. The van der Waals surface area contributed by atoms with Gasteiger partial charge in [-0.05, 0) is 47.5 Å². The second kappa shape index (κ2) is 7.88. The summed E-state index contributed by atoms with van der Waals surface area (Å²) in [6.45, 7) is 4.22. The molecule has 0 spiro atoms. The molecule has 0 saturated heterocycles. The van der Waals surface area contributed by atoms with E-state index >= 15 is 0 Å². The molecule has 28 heavy (non-hydrogen) atoms. The van der Waals surface area contributed by atoms with Crippen LogP contribution in [0, 0.1) is 0 Å². The molecule has 0 aliphatic carbocycles. The minimum absolute atomic E-state index is 0.0987. The highest BCUT2D eigenvalue weighted by Crippen LogP contribution is 2.33. The smallest absolute Gasteiger partial charge is 0.275 e. The maximum Gasteiger partial charge on any atom is 0.275 e. The molecular weight excluding hydrogens is 470 g/mol. The fourth-order valence-electron chi connectivity index (χ4n) is 3.11. The Bertz CT molecular complexity index is 1220. The molecule has 2 heterocycles. The molecule has 0 atom stereocenters. The lowest BCUT2D eigenvalue weighted by Gasteiger charge is -2.11. The molecule has 3 rings (SSSR count). The van der Waals surface area contributed by atoms with E-state index in [4.69, 9.17) is 15.4 Å². The summed E-state index contributed by atoms with van der Waals surface area (Å²) < 4.78 is 31.7. The zero-order valence-electron chi connectivity index (χ0n) is 15.5. The van der Waals surface area contributed by atoms with Crippen LogP contribution in [0.3, 0.4) is 0 Å². The third-order valence-electron chi connectivity index (χ3n) is 4.35. The van der Waals surface area contributed by atoms with Crippen molar-refractivity contribution < 1.29 is 13.2 Å². The van der Waals surface area contributed by atoms with Gasteiger partial charge >= 0.3 is 0 Å². The number of ether oxygens (including phenoxy) is 1. The van der Waals surface area contributed by atoms with Crippen molar-refractivity contribution in [3.05, 3.63) is 38.7 Å². The number of hydrogen-bond donors (Lipinski definition) is 1. The second-order valence-corrected chi connectivity index (χ2v) is 9.54. The number of halogens is 2. The number of hydrogen-bond acceptors (Lipinski definition) is 5. The van der Waals surface area contributed by atoms with Crippen LogP contribution >= 0.6 is 26.6 Å². The molecule has 1 aromatic carbocycles. The molecule has 1 N–H and O–H groups in total. The average Bonchev–Trinajstić information content (AvgIpc) is 2.87. The molecule has 2 aromatic heterocycles. The topological polar surface area (TPSA) is 94.1 Å². The highest BCUT2D eigenvalue weighted by Gasteiger charge is 2.21. The van der Waals surface area contributed by atoms with E-state index in [1.165, 1.54) is 18.2 Å². The van der Waals surface area contributed by atoms with Crippen LogP contribution in [0.1, 0.15) is 25.8 Å². The van der Waals surface area contributed by atoms with Gasteiger partial charge in [0.1, 0.15) is 22.6 Å². The van der Waals surface area contributed by atoms with Gasteiger partial charge in [-0.25, -0.2) is 13.4 Å².